The van der Waals surface area contributed by atoms with Crippen molar-refractivity contribution < 1.29 is 14.6 Å². The third-order valence-corrected chi connectivity index (χ3v) is 4.88. The first-order valence-corrected chi connectivity index (χ1v) is 7.52. The predicted molar refractivity (Wildman–Crippen MR) is 79.4 cm³/mol. The van der Waals surface area contributed by atoms with E-state index < -0.39 is 0 Å². The summed E-state index contributed by atoms with van der Waals surface area (Å²) in [6.07, 6.45) is 3.34. The number of hydrogen-bond acceptors (Lipinski definition) is 4. The zero-order valence-corrected chi connectivity index (χ0v) is 12.3. The summed E-state index contributed by atoms with van der Waals surface area (Å²) in [7, 11) is 1.55. The number of phenols is 1. The van der Waals surface area contributed by atoms with Gasteiger partial charge in [0.1, 0.15) is 11.5 Å². The maximum atomic E-state index is 12.7. The summed E-state index contributed by atoms with van der Waals surface area (Å²) in [6.45, 7) is 1.44. The van der Waals surface area contributed by atoms with Gasteiger partial charge in [0.25, 0.3) is 5.91 Å². The van der Waals surface area contributed by atoms with E-state index >= 15 is 0 Å². The fourth-order valence-corrected chi connectivity index (χ4v) is 3.67. The molecule has 0 aromatic heterocycles. The zero-order valence-electron chi connectivity index (χ0n) is 12.3. The lowest BCUT2D eigenvalue weighted by molar-refractivity contribution is 0.0780. The summed E-state index contributed by atoms with van der Waals surface area (Å²) in [5, 5.41) is 9.94. The van der Waals surface area contributed by atoms with Crippen LogP contribution >= 0.6 is 0 Å². The van der Waals surface area contributed by atoms with Crippen LogP contribution in [0.4, 0.5) is 0 Å². The minimum Gasteiger partial charge on any atom is -0.507 e. The van der Waals surface area contributed by atoms with E-state index in [0.29, 0.717) is 29.7 Å². The monoisotopic (exact) mass is 290 g/mol. The summed E-state index contributed by atoms with van der Waals surface area (Å²) in [4.78, 5) is 14.5. The van der Waals surface area contributed by atoms with Crippen molar-refractivity contribution in [1.29, 1.82) is 0 Å². The molecule has 1 heterocycles. The Morgan fingerprint density at radius 2 is 2.19 bits per heavy atom. The average molecular weight is 290 g/mol. The van der Waals surface area contributed by atoms with Gasteiger partial charge in [0.2, 0.25) is 0 Å². The molecule has 0 bridgehead atoms. The number of nitrogens with two attached hydrogens (primary N) is 1. The highest BCUT2D eigenvalue weighted by atomic mass is 16.5. The van der Waals surface area contributed by atoms with Crippen molar-refractivity contribution in [1.82, 2.24) is 4.90 Å². The summed E-state index contributed by atoms with van der Waals surface area (Å²) in [5.74, 6) is 1.35. The van der Waals surface area contributed by atoms with Gasteiger partial charge in [-0.25, -0.2) is 0 Å². The number of methoxy groups -OCH3 is 1. The topological polar surface area (TPSA) is 75.8 Å². The minimum absolute atomic E-state index is 0.0000274. The van der Waals surface area contributed by atoms with Crippen molar-refractivity contribution >= 4 is 5.91 Å². The molecule has 2 aliphatic rings. The van der Waals surface area contributed by atoms with Gasteiger partial charge in [-0.1, -0.05) is 6.42 Å². The van der Waals surface area contributed by atoms with E-state index in [2.05, 4.69) is 0 Å². The standard InChI is InChI=1S/C16H22N2O3/c1-21-11-5-6-15(19)12(7-11)16(20)18-8-10-3-2-4-14(17)13(10)9-18/h5-7,10,13-14,19H,2-4,8-9,17H2,1H3. The van der Waals surface area contributed by atoms with E-state index in [9.17, 15) is 9.90 Å². The van der Waals surface area contributed by atoms with Crippen LogP contribution in [0.15, 0.2) is 18.2 Å². The van der Waals surface area contributed by atoms with Gasteiger partial charge in [-0.2, -0.15) is 0 Å². The Bertz CT molecular complexity index is 546. The van der Waals surface area contributed by atoms with Gasteiger partial charge in [-0.15, -0.1) is 0 Å². The van der Waals surface area contributed by atoms with E-state index in [1.165, 1.54) is 6.07 Å². The van der Waals surface area contributed by atoms with Gasteiger partial charge in [0, 0.05) is 19.1 Å². The molecule has 5 heteroatoms. The van der Waals surface area contributed by atoms with Crippen LogP contribution in [0.5, 0.6) is 11.5 Å². The number of hydrogen-bond donors (Lipinski definition) is 2. The van der Waals surface area contributed by atoms with E-state index in [0.717, 1.165) is 25.8 Å². The van der Waals surface area contributed by atoms with Crippen molar-refractivity contribution in [2.75, 3.05) is 20.2 Å². The van der Waals surface area contributed by atoms with Crippen LogP contribution in [0.3, 0.4) is 0 Å². The molecule has 3 N–H and O–H groups in total. The van der Waals surface area contributed by atoms with Gasteiger partial charge in [-0.3, -0.25) is 4.79 Å². The molecule has 2 fully saturated rings. The maximum absolute atomic E-state index is 12.7. The molecule has 1 aromatic carbocycles. The molecule has 1 aliphatic heterocycles. The number of carbonyl (C=O) groups is 1. The molecular formula is C16H22N2O3. The van der Waals surface area contributed by atoms with Crippen molar-refractivity contribution in [2.24, 2.45) is 17.6 Å². The second-order valence-electron chi connectivity index (χ2n) is 6.11. The van der Waals surface area contributed by atoms with Crippen LogP contribution in [0.25, 0.3) is 0 Å². The Balaban J connectivity index is 1.80. The number of benzene rings is 1. The highest BCUT2D eigenvalue weighted by Gasteiger charge is 2.40. The molecule has 1 aliphatic carbocycles. The number of likely N-dealkylation sites (tertiary alicyclic amines) is 1. The number of nitrogens with zero attached hydrogens (tertiary/aromatic N) is 1. The first-order chi connectivity index (χ1) is 10.1. The largest absolute Gasteiger partial charge is 0.507 e. The van der Waals surface area contributed by atoms with Crippen LogP contribution in [0.2, 0.25) is 0 Å². The predicted octanol–water partition coefficient (Wildman–Crippen LogP) is 1.60. The summed E-state index contributed by atoms with van der Waals surface area (Å²) >= 11 is 0. The lowest BCUT2D eigenvalue weighted by atomic mass is 9.78. The second-order valence-corrected chi connectivity index (χ2v) is 6.11. The van der Waals surface area contributed by atoms with Gasteiger partial charge in [-0.05, 0) is 42.9 Å². The highest BCUT2D eigenvalue weighted by Crippen LogP contribution is 2.37. The molecule has 21 heavy (non-hydrogen) atoms. The van der Waals surface area contributed by atoms with Gasteiger partial charge >= 0.3 is 0 Å². The zero-order chi connectivity index (χ0) is 15.0. The third kappa shape index (κ3) is 2.58. The van der Waals surface area contributed by atoms with Gasteiger partial charge < -0.3 is 20.5 Å². The Morgan fingerprint density at radius 3 is 2.90 bits per heavy atom. The summed E-state index contributed by atoms with van der Waals surface area (Å²) in [6, 6.07) is 4.94. The molecule has 0 radical (unpaired) electrons. The molecule has 3 rings (SSSR count). The Labute approximate surface area is 124 Å². The fraction of sp³-hybridized carbons (Fsp3) is 0.562. The average Bonchev–Trinajstić information content (AvgIpc) is 2.93. The maximum Gasteiger partial charge on any atom is 0.257 e. The van der Waals surface area contributed by atoms with Crippen molar-refractivity contribution in [2.45, 2.75) is 25.3 Å². The Kier molecular flexibility index (Phi) is 3.76. The smallest absolute Gasteiger partial charge is 0.257 e. The SMILES string of the molecule is COc1ccc(O)c(C(=O)N2CC3CCCC(N)C3C2)c1. The van der Waals surface area contributed by atoms with Crippen LogP contribution in [0.1, 0.15) is 29.6 Å². The molecule has 3 unspecified atom stereocenters. The quantitative estimate of drug-likeness (QED) is 0.867. The molecule has 5 nitrogen and oxygen atoms in total. The molecule has 3 atom stereocenters. The fourth-order valence-electron chi connectivity index (χ4n) is 3.67. The van der Waals surface area contributed by atoms with E-state index in [1.807, 2.05) is 4.90 Å². The molecule has 0 spiro atoms. The molecule has 1 saturated heterocycles. The van der Waals surface area contributed by atoms with E-state index in [4.69, 9.17) is 10.5 Å². The van der Waals surface area contributed by atoms with Crippen LogP contribution < -0.4 is 10.5 Å². The summed E-state index contributed by atoms with van der Waals surface area (Å²) in [5.41, 5.74) is 6.50. The van der Waals surface area contributed by atoms with Crippen molar-refractivity contribution in [3.8, 4) is 11.5 Å². The van der Waals surface area contributed by atoms with Crippen molar-refractivity contribution in [3.63, 3.8) is 0 Å². The number of ether oxygens (including phenoxy) is 1. The second kappa shape index (κ2) is 5.56. The third-order valence-electron chi connectivity index (χ3n) is 4.88. The number of rotatable bonds is 2. The number of carbonyl (C=O) groups excluding carboxylic acids is 1. The highest BCUT2D eigenvalue weighted by molar-refractivity contribution is 5.97. The number of aromatic hydroxyl groups is 1. The first-order valence-electron chi connectivity index (χ1n) is 7.52. The number of phenolic OH excluding ortho intramolecular Hbond substituents is 1. The summed E-state index contributed by atoms with van der Waals surface area (Å²) < 4.78 is 5.13. The Hall–Kier alpha value is -1.75. The molecule has 1 amide bonds. The number of amides is 1. The first kappa shape index (κ1) is 14.2. The lowest BCUT2D eigenvalue weighted by Gasteiger charge is -2.29. The van der Waals surface area contributed by atoms with Gasteiger partial charge in [0.15, 0.2) is 0 Å². The number of fused-ring (bicyclic) bond motifs is 1. The van der Waals surface area contributed by atoms with Crippen LogP contribution in [-0.4, -0.2) is 42.2 Å². The van der Waals surface area contributed by atoms with Crippen LogP contribution in [0, 0.1) is 11.8 Å². The Morgan fingerprint density at radius 1 is 1.38 bits per heavy atom. The molecular weight excluding hydrogens is 268 g/mol. The van der Waals surface area contributed by atoms with Crippen molar-refractivity contribution in [3.05, 3.63) is 23.8 Å². The van der Waals surface area contributed by atoms with Crippen LogP contribution in [-0.2, 0) is 0 Å². The lowest BCUT2D eigenvalue weighted by Crippen LogP contribution is -2.38. The van der Waals surface area contributed by atoms with E-state index in [1.54, 1.807) is 19.2 Å². The minimum atomic E-state index is -0.131. The molecule has 1 saturated carbocycles. The normalized spacial score (nSPS) is 28.3. The van der Waals surface area contributed by atoms with Gasteiger partial charge in [0.05, 0.1) is 12.7 Å². The van der Waals surface area contributed by atoms with E-state index in [-0.39, 0.29) is 17.7 Å². The molecule has 114 valence electrons. The molecule has 1 aromatic rings.